The Labute approximate surface area is 169 Å². The number of sulfonamides is 1. The van der Waals surface area contributed by atoms with Gasteiger partial charge in [0, 0.05) is 24.2 Å². The second-order valence-electron chi connectivity index (χ2n) is 6.88. The summed E-state index contributed by atoms with van der Waals surface area (Å²) in [6.07, 6.45) is 0. The van der Waals surface area contributed by atoms with E-state index >= 15 is 0 Å². The van der Waals surface area contributed by atoms with Crippen molar-refractivity contribution >= 4 is 21.9 Å². The number of carbonyl (C=O) groups excluding carboxylic acids is 1. The zero-order chi connectivity index (χ0) is 21.2. The zero-order valence-corrected chi connectivity index (χ0v) is 17.4. The summed E-state index contributed by atoms with van der Waals surface area (Å²) in [5, 5.41) is 10.3. The van der Waals surface area contributed by atoms with Gasteiger partial charge < -0.3 is 4.42 Å². The maximum absolute atomic E-state index is 12.5. The lowest BCUT2D eigenvalue weighted by Gasteiger charge is -2.20. The Balaban J connectivity index is 1.74. The maximum Gasteiger partial charge on any atom is 0.322 e. The van der Waals surface area contributed by atoms with E-state index in [4.69, 9.17) is 4.42 Å². The van der Waals surface area contributed by atoms with E-state index in [9.17, 15) is 13.2 Å². The first-order valence-corrected chi connectivity index (χ1v) is 10.4. The van der Waals surface area contributed by atoms with Gasteiger partial charge in [-0.15, -0.1) is 5.10 Å². The molecule has 9 heteroatoms. The molecule has 0 radical (unpaired) electrons. The third-order valence-corrected chi connectivity index (χ3v) is 6.48. The van der Waals surface area contributed by atoms with Gasteiger partial charge in [-0.05, 0) is 57.2 Å². The summed E-state index contributed by atoms with van der Waals surface area (Å²) in [6.45, 7) is 5.52. The third kappa shape index (κ3) is 4.52. The highest BCUT2D eigenvalue weighted by atomic mass is 32.2. The summed E-state index contributed by atoms with van der Waals surface area (Å²) in [6, 6.07) is 13.0. The molecular weight excluding hydrogens is 392 g/mol. The van der Waals surface area contributed by atoms with Crippen LogP contribution in [0.4, 0.5) is 6.01 Å². The number of hydrogen-bond acceptors (Lipinski definition) is 6. The van der Waals surface area contributed by atoms with E-state index in [0.717, 1.165) is 11.1 Å². The van der Waals surface area contributed by atoms with E-state index in [-0.39, 0.29) is 22.5 Å². The van der Waals surface area contributed by atoms with E-state index in [1.807, 2.05) is 31.2 Å². The molecular formula is C20H22N4O4S. The minimum absolute atomic E-state index is 0.0391. The van der Waals surface area contributed by atoms with Gasteiger partial charge in [-0.25, -0.2) is 8.42 Å². The standard InChI is InChI=1S/C20H22N4O4S/c1-13(2)24(4)29(26,27)17-10-8-15(9-11-17)18(25)21-20-23-22-19(28-20)16-7-5-6-14(3)12-16/h5-13H,1-4H3,(H,21,23,25). The van der Waals surface area contributed by atoms with E-state index < -0.39 is 15.9 Å². The monoisotopic (exact) mass is 414 g/mol. The van der Waals surface area contributed by atoms with Gasteiger partial charge in [-0.2, -0.15) is 4.31 Å². The second kappa shape index (κ2) is 8.14. The number of anilines is 1. The molecule has 1 aromatic heterocycles. The fourth-order valence-corrected chi connectivity index (χ4v) is 3.93. The van der Waals surface area contributed by atoms with Gasteiger partial charge in [0.2, 0.25) is 15.9 Å². The van der Waals surface area contributed by atoms with Crippen molar-refractivity contribution in [3.05, 3.63) is 59.7 Å². The van der Waals surface area contributed by atoms with E-state index in [1.165, 1.54) is 35.6 Å². The highest BCUT2D eigenvalue weighted by molar-refractivity contribution is 7.89. The fraction of sp³-hybridized carbons (Fsp3) is 0.250. The van der Waals surface area contributed by atoms with Crippen molar-refractivity contribution in [2.45, 2.75) is 31.7 Å². The van der Waals surface area contributed by atoms with Crippen molar-refractivity contribution in [3.63, 3.8) is 0 Å². The van der Waals surface area contributed by atoms with Gasteiger partial charge in [-0.1, -0.05) is 22.8 Å². The van der Waals surface area contributed by atoms with E-state index in [1.54, 1.807) is 13.8 Å². The highest BCUT2D eigenvalue weighted by Gasteiger charge is 2.23. The van der Waals surface area contributed by atoms with E-state index in [0.29, 0.717) is 5.89 Å². The van der Waals surface area contributed by atoms with Crippen molar-refractivity contribution in [1.29, 1.82) is 0 Å². The molecule has 0 aliphatic carbocycles. The molecule has 3 aromatic rings. The molecule has 29 heavy (non-hydrogen) atoms. The molecule has 1 amide bonds. The molecule has 0 fully saturated rings. The number of nitrogens with zero attached hydrogens (tertiary/aromatic N) is 3. The van der Waals surface area contributed by atoms with Crippen LogP contribution in [-0.2, 0) is 10.0 Å². The zero-order valence-electron chi connectivity index (χ0n) is 16.6. The average molecular weight is 414 g/mol. The Morgan fingerprint density at radius 1 is 1.10 bits per heavy atom. The Bertz CT molecular complexity index is 1120. The largest absolute Gasteiger partial charge is 0.403 e. The first-order chi connectivity index (χ1) is 13.7. The second-order valence-corrected chi connectivity index (χ2v) is 8.87. The SMILES string of the molecule is Cc1cccc(-c2nnc(NC(=O)c3ccc(S(=O)(=O)N(C)C(C)C)cc3)o2)c1. The smallest absolute Gasteiger partial charge is 0.322 e. The number of aromatic nitrogens is 2. The van der Waals surface area contributed by atoms with Gasteiger partial charge in [0.1, 0.15) is 0 Å². The molecule has 0 aliphatic rings. The summed E-state index contributed by atoms with van der Waals surface area (Å²) >= 11 is 0. The molecule has 0 aliphatic heterocycles. The minimum Gasteiger partial charge on any atom is -0.403 e. The number of aryl methyl sites for hydroxylation is 1. The summed E-state index contributed by atoms with van der Waals surface area (Å²) in [5.74, 6) is -0.187. The van der Waals surface area contributed by atoms with Crippen molar-refractivity contribution < 1.29 is 17.6 Å². The lowest BCUT2D eigenvalue weighted by Crippen LogP contribution is -2.33. The van der Waals surface area contributed by atoms with Crippen LogP contribution in [0, 0.1) is 6.92 Å². The van der Waals surface area contributed by atoms with Crippen LogP contribution >= 0.6 is 0 Å². The molecule has 0 spiro atoms. The first kappa shape index (κ1) is 20.7. The Morgan fingerprint density at radius 3 is 2.41 bits per heavy atom. The lowest BCUT2D eigenvalue weighted by atomic mass is 10.1. The predicted octanol–water partition coefficient (Wildman–Crippen LogP) is 3.33. The molecule has 0 bridgehead atoms. The van der Waals surface area contributed by atoms with Gasteiger partial charge in [0.15, 0.2) is 0 Å². The molecule has 2 aromatic carbocycles. The van der Waals surface area contributed by atoms with E-state index in [2.05, 4.69) is 15.5 Å². The molecule has 8 nitrogen and oxygen atoms in total. The molecule has 0 unspecified atom stereocenters. The molecule has 3 rings (SSSR count). The van der Waals surface area contributed by atoms with Crippen LogP contribution < -0.4 is 5.32 Å². The van der Waals surface area contributed by atoms with Crippen molar-refractivity contribution in [2.24, 2.45) is 0 Å². The number of amides is 1. The normalized spacial score (nSPS) is 11.8. The minimum atomic E-state index is -3.61. The Kier molecular flexibility index (Phi) is 5.81. The van der Waals surface area contributed by atoms with Crippen LogP contribution in [-0.4, -0.2) is 41.9 Å². The number of benzene rings is 2. The van der Waals surface area contributed by atoms with Gasteiger partial charge in [0.25, 0.3) is 5.91 Å². The molecule has 1 N–H and O–H groups in total. The highest BCUT2D eigenvalue weighted by Crippen LogP contribution is 2.21. The third-order valence-electron chi connectivity index (χ3n) is 4.43. The molecule has 0 atom stereocenters. The van der Waals surface area contributed by atoms with Gasteiger partial charge >= 0.3 is 6.01 Å². The van der Waals surface area contributed by atoms with Crippen LogP contribution in [0.15, 0.2) is 57.8 Å². The Morgan fingerprint density at radius 2 is 1.79 bits per heavy atom. The average Bonchev–Trinajstić information content (AvgIpc) is 3.16. The molecule has 0 saturated heterocycles. The van der Waals surface area contributed by atoms with Crippen LogP contribution in [0.25, 0.3) is 11.5 Å². The van der Waals surface area contributed by atoms with Crippen molar-refractivity contribution in [1.82, 2.24) is 14.5 Å². The number of hydrogen-bond donors (Lipinski definition) is 1. The first-order valence-electron chi connectivity index (χ1n) is 8.98. The summed E-state index contributed by atoms with van der Waals surface area (Å²) in [5.41, 5.74) is 2.07. The van der Waals surface area contributed by atoms with Crippen LogP contribution in [0.1, 0.15) is 29.8 Å². The fourth-order valence-electron chi connectivity index (χ4n) is 2.56. The van der Waals surface area contributed by atoms with Gasteiger partial charge in [0.05, 0.1) is 4.90 Å². The number of carbonyl (C=O) groups is 1. The lowest BCUT2D eigenvalue weighted by molar-refractivity contribution is 0.102. The summed E-state index contributed by atoms with van der Waals surface area (Å²) < 4.78 is 31.8. The number of rotatable bonds is 6. The molecule has 1 heterocycles. The predicted molar refractivity (Wildman–Crippen MR) is 109 cm³/mol. The summed E-state index contributed by atoms with van der Waals surface area (Å²) in [4.78, 5) is 12.5. The van der Waals surface area contributed by atoms with Gasteiger partial charge in [-0.3, -0.25) is 10.1 Å². The van der Waals surface area contributed by atoms with Crippen LogP contribution in [0.5, 0.6) is 0 Å². The van der Waals surface area contributed by atoms with Crippen LogP contribution in [0.3, 0.4) is 0 Å². The molecule has 152 valence electrons. The molecule has 0 saturated carbocycles. The number of nitrogens with one attached hydrogen (secondary N) is 1. The quantitative estimate of drug-likeness (QED) is 0.663. The van der Waals surface area contributed by atoms with Crippen molar-refractivity contribution in [2.75, 3.05) is 12.4 Å². The maximum atomic E-state index is 12.5. The Hall–Kier alpha value is -3.04. The summed E-state index contributed by atoms with van der Waals surface area (Å²) in [7, 11) is -2.09. The van der Waals surface area contributed by atoms with Crippen molar-refractivity contribution in [3.8, 4) is 11.5 Å². The van der Waals surface area contributed by atoms with Crippen LogP contribution in [0.2, 0.25) is 0 Å². The topological polar surface area (TPSA) is 105 Å².